The summed E-state index contributed by atoms with van der Waals surface area (Å²) in [5.74, 6) is 0.00312. The van der Waals surface area contributed by atoms with Gasteiger partial charge in [0.05, 0.1) is 11.1 Å². The molecule has 2 fully saturated rings. The number of rotatable bonds is 6. The van der Waals surface area contributed by atoms with Crippen LogP contribution in [0.25, 0.3) is 0 Å². The van der Waals surface area contributed by atoms with Crippen molar-refractivity contribution in [3.63, 3.8) is 0 Å². The predicted molar refractivity (Wildman–Crippen MR) is 148 cm³/mol. The van der Waals surface area contributed by atoms with Crippen molar-refractivity contribution in [2.75, 3.05) is 18.5 Å². The highest BCUT2D eigenvalue weighted by Crippen LogP contribution is 2.30. The molecular formula is C29H41ClN4O2. The molecule has 2 aliphatic rings. The van der Waals surface area contributed by atoms with Crippen LogP contribution in [0.4, 0.5) is 5.69 Å². The van der Waals surface area contributed by atoms with E-state index in [9.17, 15) is 9.59 Å². The van der Waals surface area contributed by atoms with Gasteiger partial charge in [0.2, 0.25) is 5.91 Å². The van der Waals surface area contributed by atoms with Crippen LogP contribution in [0.1, 0.15) is 82.9 Å². The molecule has 0 spiro atoms. The summed E-state index contributed by atoms with van der Waals surface area (Å²) in [6, 6.07) is 10.2. The number of benzene rings is 1. The van der Waals surface area contributed by atoms with Gasteiger partial charge in [0.15, 0.2) is 0 Å². The van der Waals surface area contributed by atoms with Crippen molar-refractivity contribution in [2.24, 2.45) is 0 Å². The van der Waals surface area contributed by atoms with E-state index in [-0.39, 0.29) is 23.4 Å². The number of halogens is 1. The second kappa shape index (κ2) is 13.2. The van der Waals surface area contributed by atoms with Gasteiger partial charge < -0.3 is 20.3 Å². The average molecular weight is 513 g/mol. The van der Waals surface area contributed by atoms with Gasteiger partial charge in [-0.05, 0) is 61.4 Å². The number of carbonyl (C=O) groups excluding carboxylic acids is 2. The molecule has 1 amide bonds. The molecule has 1 aromatic heterocycles. The maximum Gasteiger partial charge on any atom is 0.247 e. The molecule has 2 N–H and O–H groups in total. The van der Waals surface area contributed by atoms with Gasteiger partial charge >= 0.3 is 0 Å². The first kappa shape index (κ1) is 28.1. The SMILES string of the molecule is CN(c1ccc(C(C)(C)C)cc1)C(C(=O)NC1CCCCC1)c1cncc(Cl)c1.O=CC1CCCN1. The fourth-order valence-corrected chi connectivity index (χ4v) is 5.01. The third kappa shape index (κ3) is 8.04. The molecule has 7 heteroatoms. The minimum Gasteiger partial charge on any atom is -0.359 e. The van der Waals surface area contributed by atoms with E-state index in [1.54, 1.807) is 12.4 Å². The standard InChI is InChI=1S/C24H32ClN3O.C5H9NO/c1-24(2,3)18-10-12-21(13-11-18)28(4)22(17-14-19(25)16-26-15-17)23(29)27-20-8-6-5-7-9-20;7-4-5-2-1-3-6-5/h10-16,20,22H,5-9H2,1-4H3,(H,27,29);4-6H,1-3H2. The number of hydrogen-bond acceptors (Lipinski definition) is 5. The zero-order valence-corrected chi connectivity index (χ0v) is 22.9. The zero-order valence-electron chi connectivity index (χ0n) is 22.1. The molecule has 2 aromatic rings. The fraction of sp³-hybridized carbons (Fsp3) is 0.552. The lowest BCUT2D eigenvalue weighted by molar-refractivity contribution is -0.123. The summed E-state index contributed by atoms with van der Waals surface area (Å²) in [6.45, 7) is 7.61. The van der Waals surface area contributed by atoms with E-state index in [4.69, 9.17) is 11.6 Å². The number of carbonyl (C=O) groups is 2. The van der Waals surface area contributed by atoms with E-state index in [0.717, 1.165) is 49.8 Å². The van der Waals surface area contributed by atoms with Gasteiger partial charge in [-0.2, -0.15) is 0 Å². The van der Waals surface area contributed by atoms with Gasteiger partial charge in [0.25, 0.3) is 0 Å². The first-order valence-corrected chi connectivity index (χ1v) is 13.5. The van der Waals surface area contributed by atoms with Crippen LogP contribution < -0.4 is 15.5 Å². The summed E-state index contributed by atoms with van der Waals surface area (Å²) in [5.41, 5.74) is 3.14. The summed E-state index contributed by atoms with van der Waals surface area (Å²) in [6.07, 6.45) is 12.2. The van der Waals surface area contributed by atoms with E-state index in [0.29, 0.717) is 5.02 Å². The number of nitrogens with one attached hydrogen (secondary N) is 2. The number of anilines is 1. The molecule has 1 aromatic carbocycles. The summed E-state index contributed by atoms with van der Waals surface area (Å²) in [4.78, 5) is 29.5. The smallest absolute Gasteiger partial charge is 0.247 e. The van der Waals surface area contributed by atoms with E-state index < -0.39 is 6.04 Å². The van der Waals surface area contributed by atoms with Crippen molar-refractivity contribution >= 4 is 29.5 Å². The third-order valence-electron chi connectivity index (χ3n) is 7.03. The second-order valence-corrected chi connectivity index (χ2v) is 11.4. The predicted octanol–water partition coefficient (Wildman–Crippen LogP) is 5.60. The third-order valence-corrected chi connectivity index (χ3v) is 7.24. The van der Waals surface area contributed by atoms with Crippen LogP contribution >= 0.6 is 11.6 Å². The highest BCUT2D eigenvalue weighted by molar-refractivity contribution is 6.30. The molecule has 36 heavy (non-hydrogen) atoms. The number of pyridine rings is 1. The Balaban J connectivity index is 0.000000444. The molecular weight excluding hydrogens is 472 g/mol. The van der Waals surface area contributed by atoms with Crippen molar-refractivity contribution in [1.29, 1.82) is 0 Å². The van der Waals surface area contributed by atoms with Crippen molar-refractivity contribution in [1.82, 2.24) is 15.6 Å². The minimum atomic E-state index is -0.483. The highest BCUT2D eigenvalue weighted by atomic mass is 35.5. The molecule has 1 saturated carbocycles. The maximum atomic E-state index is 13.3. The molecule has 1 aliphatic carbocycles. The molecule has 2 unspecified atom stereocenters. The van der Waals surface area contributed by atoms with E-state index >= 15 is 0 Å². The summed E-state index contributed by atoms with van der Waals surface area (Å²) in [7, 11) is 1.96. The first-order valence-electron chi connectivity index (χ1n) is 13.1. The first-order chi connectivity index (χ1) is 17.2. The molecule has 196 valence electrons. The van der Waals surface area contributed by atoms with Gasteiger partial charge in [-0.3, -0.25) is 9.78 Å². The van der Waals surface area contributed by atoms with Gasteiger partial charge in [-0.1, -0.05) is 63.8 Å². The summed E-state index contributed by atoms with van der Waals surface area (Å²) >= 11 is 6.19. The van der Waals surface area contributed by atoms with Crippen LogP contribution in [0, 0.1) is 0 Å². The number of nitrogens with zero attached hydrogens (tertiary/aromatic N) is 2. The van der Waals surface area contributed by atoms with Crippen LogP contribution in [-0.2, 0) is 15.0 Å². The largest absolute Gasteiger partial charge is 0.359 e. The van der Waals surface area contributed by atoms with Gasteiger partial charge in [0, 0.05) is 36.7 Å². The fourth-order valence-electron chi connectivity index (χ4n) is 4.83. The van der Waals surface area contributed by atoms with Crippen molar-refractivity contribution in [3.05, 3.63) is 58.9 Å². The lowest BCUT2D eigenvalue weighted by Gasteiger charge is -2.32. The van der Waals surface area contributed by atoms with Crippen LogP contribution in [0.3, 0.4) is 0 Å². The number of likely N-dealkylation sites (N-methyl/N-ethyl adjacent to an activating group) is 1. The lowest BCUT2D eigenvalue weighted by atomic mass is 9.87. The van der Waals surface area contributed by atoms with Crippen LogP contribution in [0.15, 0.2) is 42.7 Å². The van der Waals surface area contributed by atoms with E-state index in [1.807, 2.05) is 18.0 Å². The number of hydrogen-bond donors (Lipinski definition) is 2. The Kier molecular flexibility index (Phi) is 10.3. The molecule has 0 bridgehead atoms. The molecule has 0 radical (unpaired) electrons. The zero-order chi connectivity index (χ0) is 26.1. The summed E-state index contributed by atoms with van der Waals surface area (Å²) < 4.78 is 0. The number of aldehydes is 1. The molecule has 1 aliphatic heterocycles. The van der Waals surface area contributed by atoms with E-state index in [1.165, 1.54) is 24.8 Å². The minimum absolute atomic E-state index is 0.00312. The molecule has 6 nitrogen and oxygen atoms in total. The Morgan fingerprint density at radius 2 is 1.81 bits per heavy atom. The Morgan fingerprint density at radius 3 is 2.33 bits per heavy atom. The Hall–Kier alpha value is -2.44. The van der Waals surface area contributed by atoms with Gasteiger partial charge in [0.1, 0.15) is 12.3 Å². The highest BCUT2D eigenvalue weighted by Gasteiger charge is 2.29. The van der Waals surface area contributed by atoms with Crippen LogP contribution in [-0.4, -0.2) is 42.9 Å². The Morgan fingerprint density at radius 1 is 1.11 bits per heavy atom. The molecule has 2 heterocycles. The normalized spacial score (nSPS) is 19.1. The van der Waals surface area contributed by atoms with Crippen molar-refractivity contribution in [3.8, 4) is 0 Å². The molecule has 4 rings (SSSR count). The Bertz CT molecular complexity index is 978. The average Bonchev–Trinajstić information content (AvgIpc) is 3.39. The molecule has 2 atom stereocenters. The summed E-state index contributed by atoms with van der Waals surface area (Å²) in [5, 5.41) is 6.85. The quantitative estimate of drug-likeness (QED) is 0.493. The topological polar surface area (TPSA) is 74.3 Å². The van der Waals surface area contributed by atoms with E-state index in [2.05, 4.69) is 60.7 Å². The number of aromatic nitrogens is 1. The van der Waals surface area contributed by atoms with Crippen LogP contribution in [0.5, 0.6) is 0 Å². The van der Waals surface area contributed by atoms with Crippen LogP contribution in [0.2, 0.25) is 5.02 Å². The van der Waals surface area contributed by atoms with Crippen molar-refractivity contribution < 1.29 is 9.59 Å². The lowest BCUT2D eigenvalue weighted by Crippen LogP contribution is -2.44. The second-order valence-electron chi connectivity index (χ2n) is 10.9. The van der Waals surface area contributed by atoms with Crippen molar-refractivity contribution in [2.45, 2.75) is 89.3 Å². The Labute approximate surface area is 221 Å². The maximum absolute atomic E-state index is 13.3. The monoisotopic (exact) mass is 512 g/mol. The van der Waals surface area contributed by atoms with Gasteiger partial charge in [-0.15, -0.1) is 0 Å². The molecule has 1 saturated heterocycles. The number of amides is 1. The van der Waals surface area contributed by atoms with Gasteiger partial charge in [-0.25, -0.2) is 0 Å².